The Kier molecular flexibility index (Phi) is 6.09. The first-order valence-corrected chi connectivity index (χ1v) is 5.05. The zero-order valence-electron chi connectivity index (χ0n) is 9.14. The first-order valence-electron chi connectivity index (χ1n) is 5.05. The van der Waals surface area contributed by atoms with Gasteiger partial charge in [0.05, 0.1) is 27.2 Å². The third-order valence-corrected chi connectivity index (χ3v) is 2.25. The number of quaternary nitrogens is 1. The molecule has 0 fully saturated rings. The largest absolute Gasteiger partial charge is 0.328 e. The van der Waals surface area contributed by atoms with Crippen molar-refractivity contribution in [2.24, 2.45) is 0 Å². The fourth-order valence-corrected chi connectivity index (χ4v) is 1.29. The van der Waals surface area contributed by atoms with Gasteiger partial charge in [0.15, 0.2) is 0 Å². The zero-order chi connectivity index (χ0) is 9.45. The van der Waals surface area contributed by atoms with Crippen molar-refractivity contribution < 1.29 is 4.48 Å². The van der Waals surface area contributed by atoms with Gasteiger partial charge < -0.3 is 4.48 Å². The van der Waals surface area contributed by atoms with Gasteiger partial charge in [0.25, 0.3) is 0 Å². The molecular weight excluding hydrogens is 146 g/mol. The van der Waals surface area contributed by atoms with E-state index in [1.165, 1.54) is 32.4 Å². The summed E-state index contributed by atoms with van der Waals surface area (Å²) in [6.07, 6.45) is 8.27. The number of nitrogens with zero attached hydrogens (tertiary/aromatic N) is 1. The van der Waals surface area contributed by atoms with Gasteiger partial charge in [0.1, 0.15) is 0 Å². The van der Waals surface area contributed by atoms with Gasteiger partial charge in [-0.15, -0.1) is 0 Å². The molecule has 0 aromatic rings. The summed E-state index contributed by atoms with van der Waals surface area (Å²) in [5.41, 5.74) is 0. The van der Waals surface area contributed by atoms with Crippen molar-refractivity contribution in [2.45, 2.75) is 33.1 Å². The molecule has 0 saturated carbocycles. The molecule has 0 aromatic heterocycles. The molecule has 0 radical (unpaired) electrons. The molecule has 0 aliphatic heterocycles. The summed E-state index contributed by atoms with van der Waals surface area (Å²) in [7, 11) is 4.64. The summed E-state index contributed by atoms with van der Waals surface area (Å²) in [6.45, 7) is 6.93. The molecule has 0 rings (SSSR count). The number of rotatable bonds is 6. The van der Waals surface area contributed by atoms with Gasteiger partial charge in [-0.2, -0.15) is 0 Å². The molecule has 0 atom stereocenters. The van der Waals surface area contributed by atoms with Crippen molar-refractivity contribution in [3.63, 3.8) is 0 Å². The van der Waals surface area contributed by atoms with Crippen LogP contribution in [0, 0.1) is 0 Å². The fraction of sp³-hybridized carbons (Fsp3) is 0.818. The molecule has 1 heteroatoms. The van der Waals surface area contributed by atoms with Crippen molar-refractivity contribution in [1.82, 2.24) is 0 Å². The lowest BCUT2D eigenvalue weighted by Crippen LogP contribution is -2.40. The van der Waals surface area contributed by atoms with Crippen LogP contribution in [0.3, 0.4) is 0 Å². The summed E-state index contributed by atoms with van der Waals surface area (Å²) in [5, 5.41) is 0. The molecule has 0 spiro atoms. The van der Waals surface area contributed by atoms with Crippen molar-refractivity contribution >= 4 is 0 Å². The number of hydrogen-bond acceptors (Lipinski definition) is 0. The van der Waals surface area contributed by atoms with Gasteiger partial charge in [0, 0.05) is 6.42 Å². The van der Waals surface area contributed by atoms with Crippen LogP contribution in [0.15, 0.2) is 12.2 Å². The Morgan fingerprint density at radius 2 is 1.83 bits per heavy atom. The standard InChI is InChI=1S/C11H24N/c1-5-7-9-11-12(3,4)10-8-6-2/h5,7H,6,8-11H2,1-4H3/q+1. The molecule has 12 heavy (non-hydrogen) atoms. The summed E-state index contributed by atoms with van der Waals surface area (Å²) in [6, 6.07) is 0. The second kappa shape index (κ2) is 6.24. The normalized spacial score (nSPS) is 12.7. The van der Waals surface area contributed by atoms with Crippen LogP contribution >= 0.6 is 0 Å². The van der Waals surface area contributed by atoms with Crippen molar-refractivity contribution in [3.05, 3.63) is 12.2 Å². The average molecular weight is 170 g/mol. The first kappa shape index (κ1) is 11.7. The Hall–Kier alpha value is -0.300. The zero-order valence-corrected chi connectivity index (χ0v) is 9.14. The predicted molar refractivity (Wildman–Crippen MR) is 56.2 cm³/mol. The third kappa shape index (κ3) is 6.41. The highest BCUT2D eigenvalue weighted by Crippen LogP contribution is 2.03. The van der Waals surface area contributed by atoms with Crippen molar-refractivity contribution in [2.75, 3.05) is 27.2 Å². The van der Waals surface area contributed by atoms with Crippen LogP contribution in [0.1, 0.15) is 33.1 Å². The number of allylic oxidation sites excluding steroid dienone is 1. The van der Waals surface area contributed by atoms with E-state index >= 15 is 0 Å². The van der Waals surface area contributed by atoms with E-state index in [4.69, 9.17) is 0 Å². The van der Waals surface area contributed by atoms with E-state index in [1.54, 1.807) is 0 Å². The van der Waals surface area contributed by atoms with Gasteiger partial charge in [-0.3, -0.25) is 0 Å². The minimum Gasteiger partial charge on any atom is -0.328 e. The topological polar surface area (TPSA) is 0 Å². The SMILES string of the molecule is CC=CCC[N+](C)(C)CCCC. The molecule has 0 aliphatic carbocycles. The van der Waals surface area contributed by atoms with Gasteiger partial charge in [-0.05, 0) is 13.3 Å². The fourth-order valence-electron chi connectivity index (χ4n) is 1.29. The van der Waals surface area contributed by atoms with E-state index in [0.29, 0.717) is 0 Å². The van der Waals surface area contributed by atoms with Crippen LogP contribution in [0.5, 0.6) is 0 Å². The van der Waals surface area contributed by atoms with E-state index in [0.717, 1.165) is 4.48 Å². The molecule has 0 bridgehead atoms. The first-order chi connectivity index (χ1) is 5.62. The lowest BCUT2D eigenvalue weighted by molar-refractivity contribution is -0.890. The van der Waals surface area contributed by atoms with Crippen LogP contribution in [0.4, 0.5) is 0 Å². The maximum absolute atomic E-state index is 2.32. The quantitative estimate of drug-likeness (QED) is 0.425. The molecule has 0 amide bonds. The predicted octanol–water partition coefficient (Wildman–Crippen LogP) is 2.83. The van der Waals surface area contributed by atoms with Gasteiger partial charge in [0.2, 0.25) is 0 Å². The summed E-state index contributed by atoms with van der Waals surface area (Å²) in [4.78, 5) is 0. The minimum absolute atomic E-state index is 1.16. The minimum atomic E-state index is 1.16. The van der Waals surface area contributed by atoms with E-state index in [2.05, 4.69) is 40.1 Å². The Balaban J connectivity index is 3.55. The Labute approximate surface area is 77.7 Å². The van der Waals surface area contributed by atoms with E-state index < -0.39 is 0 Å². The second-order valence-corrected chi connectivity index (χ2v) is 4.09. The average Bonchev–Trinajstić information content (AvgIpc) is 2.01. The van der Waals surface area contributed by atoms with Crippen LogP contribution in [0.2, 0.25) is 0 Å². The molecule has 0 unspecified atom stereocenters. The Morgan fingerprint density at radius 3 is 2.33 bits per heavy atom. The molecule has 0 heterocycles. The summed E-state index contributed by atoms with van der Waals surface area (Å²) < 4.78 is 1.16. The molecular formula is C11H24N+. The monoisotopic (exact) mass is 170 g/mol. The van der Waals surface area contributed by atoms with E-state index in [-0.39, 0.29) is 0 Å². The maximum Gasteiger partial charge on any atom is 0.0817 e. The number of hydrogen-bond donors (Lipinski definition) is 0. The van der Waals surface area contributed by atoms with Gasteiger partial charge in [-0.25, -0.2) is 0 Å². The van der Waals surface area contributed by atoms with Crippen LogP contribution in [-0.2, 0) is 0 Å². The van der Waals surface area contributed by atoms with Crippen LogP contribution < -0.4 is 0 Å². The second-order valence-electron chi connectivity index (χ2n) is 4.09. The molecule has 0 aromatic carbocycles. The Morgan fingerprint density at radius 1 is 1.17 bits per heavy atom. The number of unbranched alkanes of at least 4 members (excludes halogenated alkanes) is 1. The van der Waals surface area contributed by atoms with Crippen LogP contribution in [0.25, 0.3) is 0 Å². The van der Waals surface area contributed by atoms with Crippen molar-refractivity contribution in [3.8, 4) is 0 Å². The highest BCUT2D eigenvalue weighted by molar-refractivity contribution is 4.76. The van der Waals surface area contributed by atoms with E-state index in [9.17, 15) is 0 Å². The molecule has 0 aliphatic rings. The lowest BCUT2D eigenvalue weighted by atomic mass is 10.2. The highest BCUT2D eigenvalue weighted by atomic mass is 15.3. The smallest absolute Gasteiger partial charge is 0.0817 e. The third-order valence-electron chi connectivity index (χ3n) is 2.25. The molecule has 72 valence electrons. The molecule has 0 saturated heterocycles. The summed E-state index contributed by atoms with van der Waals surface area (Å²) in [5.74, 6) is 0. The van der Waals surface area contributed by atoms with Gasteiger partial charge >= 0.3 is 0 Å². The maximum atomic E-state index is 2.32. The van der Waals surface area contributed by atoms with Gasteiger partial charge in [-0.1, -0.05) is 25.5 Å². The lowest BCUT2D eigenvalue weighted by Gasteiger charge is -2.29. The van der Waals surface area contributed by atoms with Crippen molar-refractivity contribution in [1.29, 1.82) is 0 Å². The molecule has 0 N–H and O–H groups in total. The molecule has 1 nitrogen and oxygen atoms in total. The van der Waals surface area contributed by atoms with E-state index in [1.807, 2.05) is 0 Å². The highest BCUT2D eigenvalue weighted by Gasteiger charge is 2.11. The summed E-state index contributed by atoms with van der Waals surface area (Å²) >= 11 is 0. The van der Waals surface area contributed by atoms with Crippen LogP contribution in [-0.4, -0.2) is 31.7 Å². The Bertz CT molecular complexity index is 125.